The Morgan fingerprint density at radius 1 is 1.10 bits per heavy atom. The first-order valence-electron chi connectivity index (χ1n) is 5.77. The number of benzene rings is 1. The third-order valence-corrected chi connectivity index (χ3v) is 3.09. The van der Waals surface area contributed by atoms with Crippen LogP contribution in [0.2, 0.25) is 10.0 Å². The van der Waals surface area contributed by atoms with E-state index in [4.69, 9.17) is 23.2 Å². The number of hydrogen-bond donors (Lipinski definition) is 1. The molecule has 0 bridgehead atoms. The topological polar surface area (TPSA) is 24.9 Å². The van der Waals surface area contributed by atoms with Gasteiger partial charge in [-0.3, -0.25) is 4.98 Å². The Balaban J connectivity index is 2.09. The van der Waals surface area contributed by atoms with Gasteiger partial charge in [0.25, 0.3) is 0 Å². The van der Waals surface area contributed by atoms with Crippen LogP contribution in [0.25, 0.3) is 6.08 Å². The van der Waals surface area contributed by atoms with Crippen molar-refractivity contribution >= 4 is 35.0 Å². The fourth-order valence-electron chi connectivity index (χ4n) is 1.49. The fourth-order valence-corrected chi connectivity index (χ4v) is 1.84. The van der Waals surface area contributed by atoms with Crippen LogP contribution in [0.4, 0.5) is 18.9 Å². The third-order valence-electron chi connectivity index (χ3n) is 2.53. The van der Waals surface area contributed by atoms with Crippen molar-refractivity contribution in [3.8, 4) is 0 Å². The molecule has 1 aromatic heterocycles. The van der Waals surface area contributed by atoms with Crippen molar-refractivity contribution in [2.45, 2.75) is 6.18 Å². The molecule has 0 unspecified atom stereocenters. The minimum atomic E-state index is -4.46. The van der Waals surface area contributed by atoms with Gasteiger partial charge in [-0.15, -0.1) is 0 Å². The molecule has 0 aliphatic heterocycles. The molecule has 7 heteroatoms. The normalized spacial score (nSPS) is 11.9. The highest BCUT2D eigenvalue weighted by Crippen LogP contribution is 2.31. The quantitative estimate of drug-likeness (QED) is 0.803. The van der Waals surface area contributed by atoms with E-state index in [1.807, 2.05) is 0 Å². The molecule has 2 nitrogen and oxygen atoms in total. The summed E-state index contributed by atoms with van der Waals surface area (Å²) < 4.78 is 37.4. The van der Waals surface area contributed by atoms with Gasteiger partial charge in [-0.25, -0.2) is 0 Å². The number of nitrogens with one attached hydrogen (secondary N) is 1. The average Bonchev–Trinajstić information content (AvgIpc) is 2.41. The predicted molar refractivity (Wildman–Crippen MR) is 78.4 cm³/mol. The van der Waals surface area contributed by atoms with Crippen molar-refractivity contribution in [2.75, 3.05) is 5.32 Å². The zero-order valence-corrected chi connectivity index (χ0v) is 12.0. The maximum absolute atomic E-state index is 12.5. The summed E-state index contributed by atoms with van der Waals surface area (Å²) in [6, 6.07) is 7.78. The molecule has 1 N–H and O–H groups in total. The molecular weight excluding hydrogens is 324 g/mol. The third kappa shape index (κ3) is 4.37. The van der Waals surface area contributed by atoms with Crippen LogP contribution in [0.3, 0.4) is 0 Å². The maximum atomic E-state index is 12.5. The molecule has 0 radical (unpaired) electrons. The minimum absolute atomic E-state index is 0.0704. The molecule has 1 aromatic carbocycles. The van der Waals surface area contributed by atoms with Crippen LogP contribution in [-0.2, 0) is 6.18 Å². The standard InChI is InChI=1S/C14H9Cl2F3N2/c15-10-1-3-11(4-2-10)20-6-5-13-12(16)7-9(8-21-13)14(17,18)19/h1-8,20H/b6-5+. The number of pyridine rings is 1. The van der Waals surface area contributed by atoms with Crippen molar-refractivity contribution in [3.05, 3.63) is 64.0 Å². The number of aromatic nitrogens is 1. The second-order valence-corrected chi connectivity index (χ2v) is 4.92. The summed E-state index contributed by atoms with van der Waals surface area (Å²) in [7, 11) is 0. The highest BCUT2D eigenvalue weighted by molar-refractivity contribution is 6.32. The number of alkyl halides is 3. The molecule has 0 amide bonds. The van der Waals surface area contributed by atoms with E-state index >= 15 is 0 Å². The first-order chi connectivity index (χ1) is 9.86. The van der Waals surface area contributed by atoms with Crippen LogP contribution < -0.4 is 5.32 Å². The SMILES string of the molecule is FC(F)(F)c1cnc(/C=C/Nc2ccc(Cl)cc2)c(Cl)c1. The number of rotatable bonds is 3. The van der Waals surface area contributed by atoms with Crippen LogP contribution in [0.15, 0.2) is 42.7 Å². The van der Waals surface area contributed by atoms with Crippen molar-refractivity contribution in [2.24, 2.45) is 0 Å². The van der Waals surface area contributed by atoms with Gasteiger partial charge in [0.05, 0.1) is 16.3 Å². The van der Waals surface area contributed by atoms with Gasteiger partial charge in [-0.2, -0.15) is 13.2 Å². The molecule has 110 valence electrons. The zero-order chi connectivity index (χ0) is 15.5. The van der Waals surface area contributed by atoms with Gasteiger partial charge in [0.15, 0.2) is 0 Å². The van der Waals surface area contributed by atoms with Gasteiger partial charge in [0.2, 0.25) is 0 Å². The average molecular weight is 333 g/mol. The minimum Gasteiger partial charge on any atom is -0.362 e. The van der Waals surface area contributed by atoms with E-state index in [9.17, 15) is 13.2 Å². The van der Waals surface area contributed by atoms with Crippen LogP contribution in [0.1, 0.15) is 11.3 Å². The summed E-state index contributed by atoms with van der Waals surface area (Å²) in [4.78, 5) is 3.69. The lowest BCUT2D eigenvalue weighted by molar-refractivity contribution is -0.137. The summed E-state index contributed by atoms with van der Waals surface area (Å²) >= 11 is 11.5. The summed E-state index contributed by atoms with van der Waals surface area (Å²) in [5.74, 6) is 0. The second-order valence-electron chi connectivity index (χ2n) is 4.07. The summed E-state index contributed by atoms with van der Waals surface area (Å²) in [6.45, 7) is 0. The largest absolute Gasteiger partial charge is 0.417 e. The molecule has 0 atom stereocenters. The van der Waals surface area contributed by atoms with Crippen LogP contribution in [-0.4, -0.2) is 4.98 Å². The number of hydrogen-bond acceptors (Lipinski definition) is 2. The Labute approximate surface area is 129 Å². The van der Waals surface area contributed by atoms with E-state index in [2.05, 4.69) is 10.3 Å². The second kappa shape index (κ2) is 6.37. The lowest BCUT2D eigenvalue weighted by atomic mass is 10.2. The van der Waals surface area contributed by atoms with Crippen LogP contribution in [0, 0.1) is 0 Å². The Bertz CT molecular complexity index is 652. The molecule has 0 aliphatic rings. The first-order valence-corrected chi connectivity index (χ1v) is 6.53. The fraction of sp³-hybridized carbons (Fsp3) is 0.0714. The number of anilines is 1. The maximum Gasteiger partial charge on any atom is 0.417 e. The zero-order valence-electron chi connectivity index (χ0n) is 10.5. The molecule has 21 heavy (non-hydrogen) atoms. The van der Waals surface area contributed by atoms with E-state index in [-0.39, 0.29) is 10.7 Å². The van der Waals surface area contributed by atoms with Gasteiger partial charge in [0.1, 0.15) is 0 Å². The Morgan fingerprint density at radius 2 is 1.76 bits per heavy atom. The summed E-state index contributed by atoms with van der Waals surface area (Å²) in [6.07, 6.45) is -0.698. The van der Waals surface area contributed by atoms with Gasteiger partial charge in [0, 0.05) is 23.1 Å². The summed E-state index contributed by atoms with van der Waals surface area (Å²) in [5, 5.41) is 3.47. The molecule has 0 saturated carbocycles. The van der Waals surface area contributed by atoms with Crippen molar-refractivity contribution < 1.29 is 13.2 Å². The molecule has 0 aliphatic carbocycles. The molecule has 1 heterocycles. The lowest BCUT2D eigenvalue weighted by Crippen LogP contribution is -2.05. The van der Waals surface area contributed by atoms with E-state index in [0.29, 0.717) is 5.02 Å². The lowest BCUT2D eigenvalue weighted by Gasteiger charge is -2.07. The first kappa shape index (κ1) is 15.7. The predicted octanol–water partition coefficient (Wildman–Crippen LogP) is 5.49. The van der Waals surface area contributed by atoms with E-state index in [1.165, 1.54) is 12.3 Å². The van der Waals surface area contributed by atoms with E-state index in [0.717, 1.165) is 18.0 Å². The molecule has 2 rings (SSSR count). The molecule has 0 spiro atoms. The highest BCUT2D eigenvalue weighted by Gasteiger charge is 2.31. The summed E-state index contributed by atoms with van der Waals surface area (Å²) in [5.41, 5.74) is 0.139. The van der Waals surface area contributed by atoms with Gasteiger partial charge >= 0.3 is 6.18 Å². The van der Waals surface area contributed by atoms with Crippen molar-refractivity contribution in [1.82, 2.24) is 4.98 Å². The smallest absolute Gasteiger partial charge is 0.362 e. The molecule has 2 aromatic rings. The van der Waals surface area contributed by atoms with E-state index < -0.39 is 11.7 Å². The van der Waals surface area contributed by atoms with Crippen LogP contribution in [0.5, 0.6) is 0 Å². The highest BCUT2D eigenvalue weighted by atomic mass is 35.5. The van der Waals surface area contributed by atoms with Gasteiger partial charge < -0.3 is 5.32 Å². The number of halogens is 5. The Morgan fingerprint density at radius 3 is 2.33 bits per heavy atom. The Hall–Kier alpha value is -1.72. The van der Waals surface area contributed by atoms with Crippen LogP contribution >= 0.6 is 23.2 Å². The monoisotopic (exact) mass is 332 g/mol. The van der Waals surface area contributed by atoms with E-state index in [1.54, 1.807) is 24.3 Å². The van der Waals surface area contributed by atoms with Gasteiger partial charge in [-0.1, -0.05) is 23.2 Å². The molecule has 0 fully saturated rings. The Kier molecular flexibility index (Phi) is 4.75. The number of nitrogens with zero attached hydrogens (tertiary/aromatic N) is 1. The molecular formula is C14H9Cl2F3N2. The van der Waals surface area contributed by atoms with Gasteiger partial charge in [-0.05, 0) is 36.4 Å². The molecule has 0 saturated heterocycles. The van der Waals surface area contributed by atoms with Crippen molar-refractivity contribution in [1.29, 1.82) is 0 Å². The van der Waals surface area contributed by atoms with Crippen molar-refractivity contribution in [3.63, 3.8) is 0 Å².